The summed E-state index contributed by atoms with van der Waals surface area (Å²) in [5.41, 5.74) is -2.35. The molecule has 19 heavy (non-hydrogen) atoms. The van der Waals surface area contributed by atoms with Crippen LogP contribution in [-0.2, 0) is 33.3 Å². The third-order valence-electron chi connectivity index (χ3n) is 2.52. The SMILES string of the molecule is CCOC(=O)C1(C)OCC(C(=O)O)(C(=O)OCC)O1. The molecule has 108 valence electrons. The number of aliphatic carboxylic acids is 1. The molecule has 0 aromatic heterocycles. The van der Waals surface area contributed by atoms with Crippen LogP contribution in [0.25, 0.3) is 0 Å². The van der Waals surface area contributed by atoms with E-state index in [4.69, 9.17) is 19.3 Å². The van der Waals surface area contributed by atoms with Crippen molar-refractivity contribution in [2.75, 3.05) is 19.8 Å². The highest BCUT2D eigenvalue weighted by Crippen LogP contribution is 2.33. The lowest BCUT2D eigenvalue weighted by Crippen LogP contribution is -2.52. The Kier molecular flexibility index (Phi) is 4.48. The van der Waals surface area contributed by atoms with Gasteiger partial charge in [0, 0.05) is 6.92 Å². The van der Waals surface area contributed by atoms with Gasteiger partial charge < -0.3 is 24.1 Å². The van der Waals surface area contributed by atoms with E-state index in [1.165, 1.54) is 13.8 Å². The number of carboxylic acid groups (broad SMARTS) is 1. The van der Waals surface area contributed by atoms with Crippen LogP contribution < -0.4 is 0 Å². The van der Waals surface area contributed by atoms with Crippen molar-refractivity contribution < 1.29 is 38.4 Å². The minimum atomic E-state index is -2.35. The van der Waals surface area contributed by atoms with Crippen molar-refractivity contribution in [3.05, 3.63) is 0 Å². The van der Waals surface area contributed by atoms with Gasteiger partial charge in [-0.15, -0.1) is 0 Å². The second kappa shape index (κ2) is 5.54. The lowest BCUT2D eigenvalue weighted by Gasteiger charge is -2.24. The first-order valence-electron chi connectivity index (χ1n) is 5.74. The molecule has 2 atom stereocenters. The highest BCUT2D eigenvalue weighted by molar-refractivity contribution is 6.04. The molecule has 0 aliphatic carbocycles. The van der Waals surface area contributed by atoms with E-state index in [2.05, 4.69) is 4.74 Å². The molecule has 1 aliphatic rings. The quantitative estimate of drug-likeness (QED) is 0.538. The molecule has 1 rings (SSSR count). The van der Waals surface area contributed by atoms with Gasteiger partial charge in [-0.25, -0.2) is 14.4 Å². The number of hydrogen-bond donors (Lipinski definition) is 1. The molecule has 1 N–H and O–H groups in total. The lowest BCUT2D eigenvalue weighted by atomic mass is 10.1. The maximum atomic E-state index is 11.7. The van der Waals surface area contributed by atoms with Gasteiger partial charge in [0.15, 0.2) is 0 Å². The van der Waals surface area contributed by atoms with Crippen molar-refractivity contribution >= 4 is 17.9 Å². The molecular formula is C11H16O8. The topological polar surface area (TPSA) is 108 Å². The zero-order valence-electron chi connectivity index (χ0n) is 10.9. The summed E-state index contributed by atoms with van der Waals surface area (Å²) in [5, 5.41) is 9.15. The van der Waals surface area contributed by atoms with Gasteiger partial charge in [0.05, 0.1) is 13.2 Å². The van der Waals surface area contributed by atoms with Gasteiger partial charge in [-0.2, -0.15) is 0 Å². The van der Waals surface area contributed by atoms with Crippen LogP contribution >= 0.6 is 0 Å². The van der Waals surface area contributed by atoms with E-state index in [0.717, 1.165) is 0 Å². The van der Waals surface area contributed by atoms with E-state index >= 15 is 0 Å². The maximum Gasteiger partial charge on any atom is 0.366 e. The number of rotatable bonds is 5. The van der Waals surface area contributed by atoms with Gasteiger partial charge in [0.2, 0.25) is 0 Å². The summed E-state index contributed by atoms with van der Waals surface area (Å²) in [6.07, 6.45) is 0. The average molecular weight is 276 g/mol. The molecule has 8 nitrogen and oxygen atoms in total. The van der Waals surface area contributed by atoms with Gasteiger partial charge in [-0.1, -0.05) is 0 Å². The molecule has 8 heteroatoms. The van der Waals surface area contributed by atoms with E-state index in [0.29, 0.717) is 0 Å². The third-order valence-corrected chi connectivity index (χ3v) is 2.52. The maximum absolute atomic E-state index is 11.7. The molecule has 1 saturated heterocycles. The molecule has 0 aromatic rings. The summed E-state index contributed by atoms with van der Waals surface area (Å²) in [6, 6.07) is 0. The summed E-state index contributed by atoms with van der Waals surface area (Å²) >= 11 is 0. The first kappa shape index (κ1) is 15.4. The molecule has 0 aromatic carbocycles. The van der Waals surface area contributed by atoms with Crippen molar-refractivity contribution in [2.24, 2.45) is 0 Å². The molecule has 0 amide bonds. The number of esters is 2. The van der Waals surface area contributed by atoms with Crippen molar-refractivity contribution in [1.82, 2.24) is 0 Å². The van der Waals surface area contributed by atoms with Crippen molar-refractivity contribution in [3.8, 4) is 0 Å². The van der Waals surface area contributed by atoms with Crippen LogP contribution in [0.1, 0.15) is 20.8 Å². The van der Waals surface area contributed by atoms with Gasteiger partial charge >= 0.3 is 17.9 Å². The molecule has 1 heterocycles. The number of ether oxygens (including phenoxy) is 4. The Bertz CT molecular complexity index is 392. The van der Waals surface area contributed by atoms with Gasteiger partial charge in [-0.05, 0) is 13.8 Å². The van der Waals surface area contributed by atoms with Crippen molar-refractivity contribution in [2.45, 2.75) is 32.2 Å². The smallest absolute Gasteiger partial charge is 0.366 e. The normalized spacial score (nSPS) is 29.8. The Balaban J connectivity index is 2.98. The second-order valence-corrected chi connectivity index (χ2v) is 3.91. The summed E-state index contributed by atoms with van der Waals surface area (Å²) in [4.78, 5) is 34.6. The Labute approximate surface area is 109 Å². The molecule has 0 saturated carbocycles. The number of hydrogen-bond acceptors (Lipinski definition) is 7. The third kappa shape index (κ3) is 2.69. The molecular weight excluding hydrogens is 260 g/mol. The van der Waals surface area contributed by atoms with E-state index in [1.54, 1.807) is 6.92 Å². The minimum Gasteiger partial charge on any atom is -0.479 e. The Morgan fingerprint density at radius 1 is 1.16 bits per heavy atom. The Hall–Kier alpha value is -1.67. The van der Waals surface area contributed by atoms with Gasteiger partial charge in [-0.3, -0.25) is 0 Å². The average Bonchev–Trinajstić information content (AvgIpc) is 2.71. The van der Waals surface area contributed by atoms with Crippen LogP contribution in [0.5, 0.6) is 0 Å². The molecule has 1 aliphatic heterocycles. The first-order valence-corrected chi connectivity index (χ1v) is 5.74. The standard InChI is InChI=1S/C11H16O8/c1-4-16-8(14)10(3)18-6-11(19-10,7(12)13)9(15)17-5-2/h4-6H2,1-3H3,(H,12,13). The lowest BCUT2D eigenvalue weighted by molar-refractivity contribution is -0.219. The van der Waals surface area contributed by atoms with Crippen LogP contribution in [0, 0.1) is 0 Å². The molecule has 0 radical (unpaired) electrons. The Morgan fingerprint density at radius 3 is 2.16 bits per heavy atom. The summed E-state index contributed by atoms with van der Waals surface area (Å²) in [5.74, 6) is -5.54. The van der Waals surface area contributed by atoms with Crippen LogP contribution in [0.4, 0.5) is 0 Å². The fraction of sp³-hybridized carbons (Fsp3) is 0.727. The van der Waals surface area contributed by atoms with Crippen LogP contribution in [0.3, 0.4) is 0 Å². The van der Waals surface area contributed by atoms with E-state index in [1.807, 2.05) is 0 Å². The molecule has 0 spiro atoms. The molecule has 1 fully saturated rings. The monoisotopic (exact) mass is 276 g/mol. The zero-order valence-corrected chi connectivity index (χ0v) is 10.9. The van der Waals surface area contributed by atoms with Gasteiger partial charge in [0.25, 0.3) is 11.4 Å². The van der Waals surface area contributed by atoms with Crippen LogP contribution in [0.2, 0.25) is 0 Å². The number of carbonyl (C=O) groups excluding carboxylic acids is 2. The minimum absolute atomic E-state index is 0.0205. The summed E-state index contributed by atoms with van der Waals surface area (Å²) in [7, 11) is 0. The van der Waals surface area contributed by atoms with Crippen molar-refractivity contribution in [1.29, 1.82) is 0 Å². The van der Waals surface area contributed by atoms with Crippen LogP contribution in [-0.4, -0.2) is 54.2 Å². The first-order chi connectivity index (χ1) is 8.82. The summed E-state index contributed by atoms with van der Waals surface area (Å²) in [6.45, 7) is 3.71. The van der Waals surface area contributed by atoms with E-state index < -0.39 is 35.9 Å². The second-order valence-electron chi connectivity index (χ2n) is 3.91. The number of carbonyl (C=O) groups is 3. The van der Waals surface area contributed by atoms with E-state index in [9.17, 15) is 14.4 Å². The van der Waals surface area contributed by atoms with Crippen molar-refractivity contribution in [3.63, 3.8) is 0 Å². The molecule has 0 bridgehead atoms. The van der Waals surface area contributed by atoms with Gasteiger partial charge in [0.1, 0.15) is 6.61 Å². The highest BCUT2D eigenvalue weighted by atomic mass is 16.8. The Morgan fingerprint density at radius 2 is 1.68 bits per heavy atom. The fourth-order valence-corrected chi connectivity index (χ4v) is 1.53. The highest BCUT2D eigenvalue weighted by Gasteiger charge is 2.63. The van der Waals surface area contributed by atoms with Crippen LogP contribution in [0.15, 0.2) is 0 Å². The fourth-order valence-electron chi connectivity index (χ4n) is 1.53. The zero-order chi connectivity index (χ0) is 14.7. The molecule has 2 unspecified atom stereocenters. The number of carboxylic acids is 1. The predicted octanol–water partition coefficient (Wildman–Crippen LogP) is -0.301. The predicted molar refractivity (Wildman–Crippen MR) is 59.1 cm³/mol. The van der Waals surface area contributed by atoms with E-state index in [-0.39, 0.29) is 13.2 Å². The summed E-state index contributed by atoms with van der Waals surface area (Å²) < 4.78 is 19.4. The largest absolute Gasteiger partial charge is 0.479 e.